The molecule has 0 fully saturated rings. The van der Waals surface area contributed by atoms with Gasteiger partial charge in [0.05, 0.1) is 18.2 Å². The van der Waals surface area contributed by atoms with Gasteiger partial charge in [-0.15, -0.1) is 6.42 Å². The Balaban J connectivity index is 2.62. The summed E-state index contributed by atoms with van der Waals surface area (Å²) in [5.41, 5.74) is 0.485. The summed E-state index contributed by atoms with van der Waals surface area (Å²) in [6.07, 6.45) is 4.37. The highest BCUT2D eigenvalue weighted by Crippen LogP contribution is 2.14. The van der Waals surface area contributed by atoms with Crippen molar-refractivity contribution in [1.29, 1.82) is 5.26 Å². The topological polar surface area (TPSA) is 62.1 Å². The standard InChI is InChI=1S/C13H12N2O2/c1-3-7-15-13(16)10(2)17-12-6-4-5-11(8-12)9-14/h1,4-6,8,10H,7H2,2H3,(H,15,16). The molecule has 0 saturated carbocycles. The highest BCUT2D eigenvalue weighted by molar-refractivity contribution is 5.80. The van der Waals surface area contributed by atoms with Crippen molar-refractivity contribution >= 4 is 5.91 Å². The Morgan fingerprint density at radius 3 is 3.06 bits per heavy atom. The van der Waals surface area contributed by atoms with Crippen LogP contribution < -0.4 is 10.1 Å². The van der Waals surface area contributed by atoms with Crippen molar-refractivity contribution in [2.75, 3.05) is 6.54 Å². The molecule has 0 heterocycles. The summed E-state index contributed by atoms with van der Waals surface area (Å²) in [5.74, 6) is 2.50. The number of nitrogens with zero attached hydrogens (tertiary/aromatic N) is 1. The van der Waals surface area contributed by atoms with E-state index in [1.807, 2.05) is 6.07 Å². The summed E-state index contributed by atoms with van der Waals surface area (Å²) in [7, 11) is 0. The minimum atomic E-state index is -0.655. The van der Waals surface area contributed by atoms with Crippen molar-refractivity contribution in [1.82, 2.24) is 5.32 Å². The Morgan fingerprint density at radius 2 is 2.41 bits per heavy atom. The monoisotopic (exact) mass is 228 g/mol. The van der Waals surface area contributed by atoms with Crippen LogP contribution in [0.25, 0.3) is 0 Å². The van der Waals surface area contributed by atoms with Crippen LogP contribution in [0.2, 0.25) is 0 Å². The maximum atomic E-state index is 11.5. The van der Waals surface area contributed by atoms with Crippen LogP contribution in [0.15, 0.2) is 24.3 Å². The Morgan fingerprint density at radius 1 is 1.65 bits per heavy atom. The van der Waals surface area contributed by atoms with E-state index in [0.29, 0.717) is 11.3 Å². The molecule has 86 valence electrons. The molecule has 4 nitrogen and oxygen atoms in total. The third-order valence-electron chi connectivity index (χ3n) is 2.01. The number of terminal acetylenes is 1. The number of carbonyl (C=O) groups is 1. The van der Waals surface area contributed by atoms with E-state index >= 15 is 0 Å². The molecule has 1 N–H and O–H groups in total. The van der Waals surface area contributed by atoms with Crippen molar-refractivity contribution in [2.45, 2.75) is 13.0 Å². The number of hydrogen-bond donors (Lipinski definition) is 1. The number of carbonyl (C=O) groups excluding carboxylic acids is 1. The zero-order valence-corrected chi connectivity index (χ0v) is 9.43. The molecule has 0 aliphatic heterocycles. The Labute approximate surface area is 100 Å². The first-order chi connectivity index (χ1) is 8.17. The SMILES string of the molecule is C#CCNC(=O)C(C)Oc1cccc(C#N)c1. The molecule has 0 aliphatic rings. The van der Waals surface area contributed by atoms with Crippen molar-refractivity contribution in [3.8, 4) is 24.2 Å². The van der Waals surface area contributed by atoms with Gasteiger partial charge in [-0.1, -0.05) is 12.0 Å². The van der Waals surface area contributed by atoms with Gasteiger partial charge in [0, 0.05) is 0 Å². The number of benzene rings is 1. The van der Waals surface area contributed by atoms with Crippen molar-refractivity contribution in [3.05, 3.63) is 29.8 Å². The van der Waals surface area contributed by atoms with E-state index in [-0.39, 0.29) is 12.5 Å². The lowest BCUT2D eigenvalue weighted by Crippen LogP contribution is -2.36. The maximum absolute atomic E-state index is 11.5. The fourth-order valence-corrected chi connectivity index (χ4v) is 1.18. The van der Waals surface area contributed by atoms with Crippen molar-refractivity contribution in [2.24, 2.45) is 0 Å². The van der Waals surface area contributed by atoms with E-state index in [4.69, 9.17) is 16.4 Å². The second-order valence-corrected chi connectivity index (χ2v) is 3.32. The number of hydrogen-bond acceptors (Lipinski definition) is 3. The minimum Gasteiger partial charge on any atom is -0.481 e. The number of nitriles is 1. The number of amides is 1. The molecule has 0 bridgehead atoms. The quantitative estimate of drug-likeness (QED) is 0.784. The molecule has 17 heavy (non-hydrogen) atoms. The Kier molecular flexibility index (Phi) is 4.59. The summed E-state index contributed by atoms with van der Waals surface area (Å²) in [4.78, 5) is 11.5. The summed E-state index contributed by atoms with van der Waals surface area (Å²) in [6, 6.07) is 8.61. The molecule has 1 unspecified atom stereocenters. The van der Waals surface area contributed by atoms with Gasteiger partial charge in [0.1, 0.15) is 5.75 Å². The van der Waals surface area contributed by atoms with Crippen molar-refractivity contribution in [3.63, 3.8) is 0 Å². The average Bonchev–Trinajstić information content (AvgIpc) is 2.36. The van der Waals surface area contributed by atoms with Crippen LogP contribution in [0.3, 0.4) is 0 Å². The summed E-state index contributed by atoms with van der Waals surface area (Å²) in [6.45, 7) is 1.79. The number of nitrogens with one attached hydrogen (secondary N) is 1. The smallest absolute Gasteiger partial charge is 0.261 e. The average molecular weight is 228 g/mol. The normalized spacial score (nSPS) is 10.8. The minimum absolute atomic E-state index is 0.171. The second kappa shape index (κ2) is 6.19. The lowest BCUT2D eigenvalue weighted by atomic mass is 10.2. The fraction of sp³-hybridized carbons (Fsp3) is 0.231. The van der Waals surface area contributed by atoms with Crippen LogP contribution >= 0.6 is 0 Å². The van der Waals surface area contributed by atoms with Gasteiger partial charge in [-0.3, -0.25) is 4.79 Å². The van der Waals surface area contributed by atoms with Gasteiger partial charge in [-0.25, -0.2) is 0 Å². The fourth-order valence-electron chi connectivity index (χ4n) is 1.18. The first-order valence-electron chi connectivity index (χ1n) is 5.05. The van der Waals surface area contributed by atoms with E-state index in [1.54, 1.807) is 31.2 Å². The summed E-state index contributed by atoms with van der Waals surface area (Å²) >= 11 is 0. The largest absolute Gasteiger partial charge is 0.481 e. The maximum Gasteiger partial charge on any atom is 0.261 e. The molecule has 0 aliphatic carbocycles. The third kappa shape index (κ3) is 3.89. The summed E-state index contributed by atoms with van der Waals surface area (Å²) in [5, 5.41) is 11.2. The highest BCUT2D eigenvalue weighted by Gasteiger charge is 2.13. The van der Waals surface area contributed by atoms with Crippen LogP contribution in [-0.2, 0) is 4.79 Å². The predicted octanol–water partition coefficient (Wildman–Crippen LogP) is 1.07. The molecule has 1 aromatic rings. The molecule has 1 atom stereocenters. The first kappa shape index (κ1) is 12.6. The predicted molar refractivity (Wildman–Crippen MR) is 63.1 cm³/mol. The Bertz CT molecular complexity index is 483. The van der Waals surface area contributed by atoms with Gasteiger partial charge in [0.2, 0.25) is 0 Å². The van der Waals surface area contributed by atoms with Gasteiger partial charge in [0.15, 0.2) is 6.10 Å². The molecule has 1 amide bonds. The number of ether oxygens (including phenoxy) is 1. The molecular formula is C13H12N2O2. The molecule has 0 spiro atoms. The number of rotatable bonds is 4. The van der Waals surface area contributed by atoms with E-state index in [9.17, 15) is 4.79 Å². The van der Waals surface area contributed by atoms with Crippen LogP contribution in [0.5, 0.6) is 5.75 Å². The van der Waals surface area contributed by atoms with Gasteiger partial charge < -0.3 is 10.1 Å². The van der Waals surface area contributed by atoms with E-state index in [2.05, 4.69) is 11.2 Å². The lowest BCUT2D eigenvalue weighted by Gasteiger charge is -2.13. The molecule has 0 saturated heterocycles. The van der Waals surface area contributed by atoms with E-state index < -0.39 is 6.10 Å². The molecule has 1 rings (SSSR count). The van der Waals surface area contributed by atoms with E-state index in [1.165, 1.54) is 0 Å². The highest BCUT2D eigenvalue weighted by atomic mass is 16.5. The lowest BCUT2D eigenvalue weighted by molar-refractivity contribution is -0.126. The second-order valence-electron chi connectivity index (χ2n) is 3.32. The van der Waals surface area contributed by atoms with Gasteiger partial charge in [-0.2, -0.15) is 5.26 Å². The molecular weight excluding hydrogens is 216 g/mol. The van der Waals surface area contributed by atoms with Crippen molar-refractivity contribution < 1.29 is 9.53 Å². The zero-order valence-electron chi connectivity index (χ0n) is 9.43. The van der Waals surface area contributed by atoms with Crippen LogP contribution in [-0.4, -0.2) is 18.6 Å². The molecule has 1 aromatic carbocycles. The van der Waals surface area contributed by atoms with Gasteiger partial charge in [-0.05, 0) is 25.1 Å². The molecule has 0 radical (unpaired) electrons. The van der Waals surface area contributed by atoms with E-state index in [0.717, 1.165) is 0 Å². The first-order valence-corrected chi connectivity index (χ1v) is 5.05. The Hall–Kier alpha value is -2.46. The van der Waals surface area contributed by atoms with Crippen LogP contribution in [0.4, 0.5) is 0 Å². The zero-order chi connectivity index (χ0) is 12.7. The van der Waals surface area contributed by atoms with Gasteiger partial charge >= 0.3 is 0 Å². The third-order valence-corrected chi connectivity index (χ3v) is 2.01. The van der Waals surface area contributed by atoms with Crippen LogP contribution in [0.1, 0.15) is 12.5 Å². The summed E-state index contributed by atoms with van der Waals surface area (Å²) < 4.78 is 5.38. The van der Waals surface area contributed by atoms with Gasteiger partial charge in [0.25, 0.3) is 5.91 Å². The van der Waals surface area contributed by atoms with Crippen LogP contribution in [0, 0.1) is 23.7 Å². The molecule has 4 heteroatoms. The molecule has 0 aromatic heterocycles.